The third-order valence-corrected chi connectivity index (χ3v) is 11.3. The van der Waals surface area contributed by atoms with Crippen molar-refractivity contribution in [3.8, 4) is 0 Å². The van der Waals surface area contributed by atoms with Crippen molar-refractivity contribution in [1.29, 1.82) is 0 Å². The Kier molecular flexibility index (Phi) is 13.4. The van der Waals surface area contributed by atoms with Gasteiger partial charge in [-0.05, 0) is 92.2 Å². The van der Waals surface area contributed by atoms with Gasteiger partial charge in [0.25, 0.3) is 0 Å². The molecule has 4 heterocycles. The van der Waals surface area contributed by atoms with Crippen molar-refractivity contribution in [3.05, 3.63) is 0 Å². The molecule has 4 rings (SSSR count). The lowest BCUT2D eigenvalue weighted by molar-refractivity contribution is -0.176. The molecular weight excluding hydrogens is 558 g/mol. The number of ether oxygens (including phenoxy) is 5. The summed E-state index contributed by atoms with van der Waals surface area (Å²) in [6.07, 6.45) is 11.3. The van der Waals surface area contributed by atoms with Crippen LogP contribution in [0.25, 0.3) is 0 Å². The van der Waals surface area contributed by atoms with Crippen molar-refractivity contribution in [3.63, 3.8) is 0 Å². The third-order valence-electron chi connectivity index (χ3n) is 11.3. The van der Waals surface area contributed by atoms with E-state index in [9.17, 15) is 9.59 Å². The summed E-state index contributed by atoms with van der Waals surface area (Å²) < 4.78 is 32.5. The lowest BCUT2D eigenvalue weighted by atomic mass is 9.81. The van der Waals surface area contributed by atoms with Crippen LogP contribution in [-0.4, -0.2) is 85.8 Å². The highest BCUT2D eigenvalue weighted by atomic mass is 16.6. The number of rotatable bonds is 10. The van der Waals surface area contributed by atoms with Crippen LogP contribution in [0.4, 0.5) is 0 Å². The fourth-order valence-corrected chi connectivity index (χ4v) is 8.32. The van der Waals surface area contributed by atoms with E-state index in [2.05, 4.69) is 46.7 Å². The van der Waals surface area contributed by atoms with E-state index in [1.807, 2.05) is 13.8 Å². The number of carbonyl (C=O) groups is 2. The van der Waals surface area contributed by atoms with Gasteiger partial charge in [-0.3, -0.25) is 9.59 Å². The van der Waals surface area contributed by atoms with E-state index in [0.29, 0.717) is 12.5 Å². The van der Waals surface area contributed by atoms with Gasteiger partial charge in [-0.2, -0.15) is 0 Å². The Morgan fingerprint density at radius 3 is 2.07 bits per heavy atom. The lowest BCUT2D eigenvalue weighted by Crippen LogP contribution is -2.45. The van der Waals surface area contributed by atoms with Crippen molar-refractivity contribution in [2.75, 3.05) is 14.1 Å². The first-order valence-corrected chi connectivity index (χ1v) is 18.1. The molecule has 0 aromatic rings. The number of carbonyl (C=O) groups excluding carboxylic acids is 2. The van der Waals surface area contributed by atoms with Crippen LogP contribution in [0.15, 0.2) is 0 Å². The molecule has 44 heavy (non-hydrogen) atoms. The predicted octanol–water partition coefficient (Wildman–Crippen LogP) is 6.71. The number of esters is 2. The monoisotopic (exact) mass is 621 g/mol. The van der Waals surface area contributed by atoms with E-state index in [1.54, 1.807) is 0 Å². The minimum absolute atomic E-state index is 0.0180. The van der Waals surface area contributed by atoms with Crippen LogP contribution < -0.4 is 0 Å². The van der Waals surface area contributed by atoms with Crippen LogP contribution in [0, 0.1) is 23.7 Å². The van der Waals surface area contributed by atoms with Crippen LogP contribution in [0.3, 0.4) is 0 Å². The fraction of sp³-hybridized carbons (Fsp3) is 0.944. The van der Waals surface area contributed by atoms with Gasteiger partial charge in [0, 0.05) is 24.3 Å². The molecule has 254 valence electrons. The average Bonchev–Trinajstić information content (AvgIpc) is 3.77. The van der Waals surface area contributed by atoms with E-state index in [0.717, 1.165) is 70.6 Å². The Hall–Kier alpha value is -1.22. The zero-order chi connectivity index (χ0) is 32.0. The van der Waals surface area contributed by atoms with Crippen molar-refractivity contribution >= 4 is 11.9 Å². The summed E-state index contributed by atoms with van der Waals surface area (Å²) in [5.74, 6) is -1.01. The topological polar surface area (TPSA) is 83.5 Å². The first-order chi connectivity index (χ1) is 21.1. The Labute approximate surface area is 267 Å². The Morgan fingerprint density at radius 1 is 0.750 bits per heavy atom. The molecule has 8 nitrogen and oxygen atoms in total. The summed E-state index contributed by atoms with van der Waals surface area (Å²) >= 11 is 0. The molecule has 0 aromatic carbocycles. The molecule has 0 saturated carbocycles. The van der Waals surface area contributed by atoms with E-state index in [1.165, 1.54) is 6.42 Å². The fourth-order valence-electron chi connectivity index (χ4n) is 8.32. The second-order valence-electron chi connectivity index (χ2n) is 14.7. The summed E-state index contributed by atoms with van der Waals surface area (Å²) in [6.45, 7) is 12.6. The van der Waals surface area contributed by atoms with Gasteiger partial charge in [0.15, 0.2) is 0 Å². The molecular formula is C36H63NO7. The van der Waals surface area contributed by atoms with Crippen molar-refractivity contribution < 1.29 is 33.3 Å². The number of hydrogen-bond donors (Lipinski definition) is 0. The zero-order valence-electron chi connectivity index (χ0n) is 29.0. The van der Waals surface area contributed by atoms with Crippen LogP contribution in [-0.2, 0) is 33.3 Å². The molecule has 0 N–H and O–H groups in total. The van der Waals surface area contributed by atoms with Gasteiger partial charge >= 0.3 is 11.9 Å². The van der Waals surface area contributed by atoms with Gasteiger partial charge in [0.05, 0.1) is 48.5 Å². The molecule has 0 unspecified atom stereocenters. The molecule has 0 aliphatic carbocycles. The van der Waals surface area contributed by atoms with Gasteiger partial charge < -0.3 is 28.6 Å². The summed E-state index contributed by atoms with van der Waals surface area (Å²) in [5.41, 5.74) is 0. The molecule has 0 radical (unpaired) electrons. The summed E-state index contributed by atoms with van der Waals surface area (Å²) in [6, 6.07) is 0.508. The van der Waals surface area contributed by atoms with E-state index < -0.39 is 0 Å². The molecule has 13 atom stereocenters. The molecule has 8 heteroatoms. The first kappa shape index (κ1) is 35.6. The van der Waals surface area contributed by atoms with Gasteiger partial charge in [0.1, 0.15) is 12.2 Å². The maximum absolute atomic E-state index is 13.9. The van der Waals surface area contributed by atoms with Crippen LogP contribution in [0.1, 0.15) is 125 Å². The molecule has 4 fully saturated rings. The lowest BCUT2D eigenvalue weighted by Gasteiger charge is -2.38. The van der Waals surface area contributed by atoms with Crippen molar-refractivity contribution in [2.24, 2.45) is 23.7 Å². The summed E-state index contributed by atoms with van der Waals surface area (Å²) in [5, 5.41) is 0. The maximum Gasteiger partial charge on any atom is 0.311 e. The molecule has 4 saturated heterocycles. The third kappa shape index (κ3) is 8.77. The van der Waals surface area contributed by atoms with E-state index in [4.69, 9.17) is 23.7 Å². The quantitative estimate of drug-likeness (QED) is 0.249. The second-order valence-corrected chi connectivity index (χ2v) is 14.7. The Morgan fingerprint density at radius 2 is 1.41 bits per heavy atom. The van der Waals surface area contributed by atoms with E-state index in [-0.39, 0.29) is 84.4 Å². The van der Waals surface area contributed by atoms with Gasteiger partial charge in [-0.15, -0.1) is 0 Å². The molecule has 0 aromatic heterocycles. The normalized spacial score (nSPS) is 40.2. The highest BCUT2D eigenvalue weighted by Gasteiger charge is 2.46. The van der Waals surface area contributed by atoms with Gasteiger partial charge in [0.2, 0.25) is 0 Å². The second kappa shape index (κ2) is 16.6. The van der Waals surface area contributed by atoms with Crippen LogP contribution >= 0.6 is 0 Å². The molecule has 4 bridgehead atoms. The molecule has 0 amide bonds. The smallest absolute Gasteiger partial charge is 0.311 e. The first-order valence-electron chi connectivity index (χ1n) is 18.1. The van der Waals surface area contributed by atoms with Crippen molar-refractivity contribution in [1.82, 2.24) is 4.90 Å². The highest BCUT2D eigenvalue weighted by molar-refractivity contribution is 5.73. The molecule has 4 aliphatic rings. The number of cyclic esters (lactones) is 2. The van der Waals surface area contributed by atoms with Crippen LogP contribution in [0.5, 0.6) is 0 Å². The maximum atomic E-state index is 13.9. The standard InChI is InChI=1S/C36H63NO7/c1-9-12-25(37(7)8)20-27-15-17-33(41-27)29(11-3)34-22(4)30-18-19-32(43-30)24(6)35(38)42-26(13-10-2)21-28-14-16-31(40-28)23(5)36(39)44-34/h22-34H,9-21H2,1-8H3/t22-,23+,24-,25-,26+,27+,28+,29-,30+,31-,32-,33-,34-/m1/s1. The minimum atomic E-state index is -0.364. The highest BCUT2D eigenvalue weighted by Crippen LogP contribution is 2.40. The number of hydrogen-bond acceptors (Lipinski definition) is 8. The van der Waals surface area contributed by atoms with E-state index >= 15 is 0 Å². The van der Waals surface area contributed by atoms with Crippen molar-refractivity contribution in [2.45, 2.75) is 180 Å². The number of fused-ring (bicyclic) bond motifs is 4. The molecule has 4 aliphatic heterocycles. The van der Waals surface area contributed by atoms with Gasteiger partial charge in [-0.1, -0.05) is 40.5 Å². The minimum Gasteiger partial charge on any atom is -0.462 e. The Balaban J connectivity index is 1.54. The number of nitrogens with zero attached hydrogens (tertiary/aromatic N) is 1. The average molecular weight is 622 g/mol. The van der Waals surface area contributed by atoms with Crippen LogP contribution in [0.2, 0.25) is 0 Å². The zero-order valence-corrected chi connectivity index (χ0v) is 29.0. The summed E-state index contributed by atoms with van der Waals surface area (Å²) in [4.78, 5) is 29.5. The van der Waals surface area contributed by atoms with Gasteiger partial charge in [-0.25, -0.2) is 0 Å². The predicted molar refractivity (Wildman–Crippen MR) is 171 cm³/mol. The SMILES string of the molecule is CCC[C@H]1C[C@@H]2CC[C@@H](O2)[C@H](C)C(=O)O[C@@H]([C@H](CC)[C@H]2CC[C@@H](C[C@@H](CCC)N(C)C)O2)[C@H](C)[C@@H]2CC[C@@H](O2)[C@@H](C)C(=O)O1. The summed E-state index contributed by atoms with van der Waals surface area (Å²) in [7, 11) is 4.33. The molecule has 0 spiro atoms. The Bertz CT molecular complexity index is 913. The largest absolute Gasteiger partial charge is 0.462 e.